The van der Waals surface area contributed by atoms with Crippen molar-refractivity contribution in [2.45, 2.75) is 112 Å². The van der Waals surface area contributed by atoms with E-state index >= 15 is 0 Å². The Hall–Kier alpha value is -1.20. The van der Waals surface area contributed by atoms with Crippen LogP contribution in [0.15, 0.2) is 11.6 Å². The minimum atomic E-state index is -0.986. The maximum atomic E-state index is 13.4. The van der Waals surface area contributed by atoms with Gasteiger partial charge in [-0.15, -0.1) is 0 Å². The van der Waals surface area contributed by atoms with E-state index in [1.54, 1.807) is 0 Å². The number of hydrogen-bond donors (Lipinski definition) is 2. The lowest BCUT2D eigenvalue weighted by molar-refractivity contribution is -0.213. The highest BCUT2D eigenvalue weighted by atomic mass is 16.5. The predicted molar refractivity (Wildman–Crippen MR) is 139 cm³/mol. The normalized spacial score (nSPS) is 53.8. The van der Waals surface area contributed by atoms with Gasteiger partial charge >= 0.3 is 5.97 Å². The van der Waals surface area contributed by atoms with Crippen molar-refractivity contribution in [2.75, 3.05) is 7.11 Å². The Labute approximate surface area is 217 Å². The van der Waals surface area contributed by atoms with Gasteiger partial charge < -0.3 is 14.9 Å². The summed E-state index contributed by atoms with van der Waals surface area (Å²) in [5, 5.41) is 22.9. The number of allylic oxidation sites excluding steroid dienone is 1. The summed E-state index contributed by atoms with van der Waals surface area (Å²) >= 11 is 0. The van der Waals surface area contributed by atoms with Crippen LogP contribution in [-0.2, 0) is 14.3 Å². The third kappa shape index (κ3) is 2.91. The number of hydrogen-bond acceptors (Lipinski definition) is 5. The highest BCUT2D eigenvalue weighted by Crippen LogP contribution is 2.75. The van der Waals surface area contributed by atoms with Crippen LogP contribution < -0.4 is 0 Å². The standard InChI is InChI=1S/C31H48O5/c1-18-11-14-31(25(34)36-8)16-15-28(5)19(23(31)30(18,7)35)9-10-22-27(4)17-20(32)24(33)26(2,3)21(27)12-13-29(22,28)6/h9,18,20-23,32,35H,10-17H2,1-8H3/t18-,20-,21+,22-,23-,27+,28-,29-,30-,31+/m1/s1. The number of carbonyl (C=O) groups excluding carboxylic acids is 2. The maximum absolute atomic E-state index is 13.4. The second-order valence-electron chi connectivity index (χ2n) is 14.8. The first-order chi connectivity index (χ1) is 16.5. The number of fused-ring (bicyclic) bond motifs is 7. The Morgan fingerprint density at radius 3 is 2.31 bits per heavy atom. The number of aliphatic hydroxyl groups excluding tert-OH is 1. The van der Waals surface area contributed by atoms with Crippen molar-refractivity contribution < 1.29 is 24.5 Å². The first-order valence-corrected chi connectivity index (χ1v) is 14.3. The summed E-state index contributed by atoms with van der Waals surface area (Å²) < 4.78 is 5.42. The van der Waals surface area contributed by atoms with E-state index in [1.165, 1.54) is 12.7 Å². The van der Waals surface area contributed by atoms with Gasteiger partial charge in [0.1, 0.15) is 6.10 Å². The van der Waals surface area contributed by atoms with Crippen LogP contribution in [0.5, 0.6) is 0 Å². The van der Waals surface area contributed by atoms with Crippen molar-refractivity contribution in [2.24, 2.45) is 50.7 Å². The van der Waals surface area contributed by atoms with Gasteiger partial charge in [-0.25, -0.2) is 0 Å². The van der Waals surface area contributed by atoms with Gasteiger partial charge in [-0.1, -0.05) is 53.2 Å². The summed E-state index contributed by atoms with van der Waals surface area (Å²) in [6.07, 6.45) is 8.08. The van der Waals surface area contributed by atoms with Crippen molar-refractivity contribution in [1.29, 1.82) is 0 Å². The largest absolute Gasteiger partial charge is 0.469 e. The fourth-order valence-corrected chi connectivity index (χ4v) is 11.0. The van der Waals surface area contributed by atoms with Gasteiger partial charge in [0.2, 0.25) is 0 Å². The lowest BCUT2D eigenvalue weighted by Crippen LogP contribution is -2.68. The lowest BCUT2D eigenvalue weighted by atomic mass is 9.33. The Morgan fingerprint density at radius 2 is 1.67 bits per heavy atom. The summed E-state index contributed by atoms with van der Waals surface area (Å²) in [5.74, 6) is 0.255. The molecule has 0 amide bonds. The molecule has 4 fully saturated rings. The zero-order chi connectivity index (χ0) is 26.7. The zero-order valence-electron chi connectivity index (χ0n) is 23.7. The molecule has 5 rings (SSSR count). The van der Waals surface area contributed by atoms with Crippen molar-refractivity contribution in [3.05, 3.63) is 11.6 Å². The molecule has 0 aromatic carbocycles. The number of rotatable bonds is 1. The minimum absolute atomic E-state index is 0.000372. The molecule has 36 heavy (non-hydrogen) atoms. The van der Waals surface area contributed by atoms with E-state index < -0.39 is 22.5 Å². The van der Waals surface area contributed by atoms with Crippen LogP contribution in [0.25, 0.3) is 0 Å². The smallest absolute Gasteiger partial charge is 0.312 e. The van der Waals surface area contributed by atoms with Crippen LogP contribution in [0.2, 0.25) is 0 Å². The van der Waals surface area contributed by atoms with Crippen LogP contribution in [0, 0.1) is 50.7 Å². The minimum Gasteiger partial charge on any atom is -0.469 e. The number of carbonyl (C=O) groups is 2. The molecule has 0 radical (unpaired) electrons. The van der Waals surface area contributed by atoms with E-state index in [2.05, 4.69) is 33.8 Å². The molecule has 5 nitrogen and oxygen atoms in total. The molecular formula is C31H48O5. The number of Topliss-reactive ketones (excluding diaryl/α,β-unsaturated/α-hetero) is 1. The first kappa shape index (κ1) is 26.4. The molecule has 202 valence electrons. The van der Waals surface area contributed by atoms with Crippen LogP contribution >= 0.6 is 0 Å². The molecule has 0 saturated heterocycles. The summed E-state index contributed by atoms with van der Waals surface area (Å²) in [6, 6.07) is 0. The van der Waals surface area contributed by atoms with Crippen LogP contribution in [0.4, 0.5) is 0 Å². The summed E-state index contributed by atoms with van der Waals surface area (Å²) in [7, 11) is 1.49. The Bertz CT molecular complexity index is 1010. The predicted octanol–water partition coefficient (Wildman–Crippen LogP) is 5.47. The molecule has 5 aliphatic carbocycles. The van der Waals surface area contributed by atoms with Gasteiger partial charge in [-0.05, 0) is 92.3 Å². The number of ether oxygens (including phenoxy) is 1. The fourth-order valence-electron chi connectivity index (χ4n) is 11.0. The van der Waals surface area contributed by atoms with Crippen molar-refractivity contribution in [3.63, 3.8) is 0 Å². The van der Waals surface area contributed by atoms with Crippen molar-refractivity contribution >= 4 is 11.8 Å². The topological polar surface area (TPSA) is 83.8 Å². The Balaban J connectivity index is 1.65. The van der Waals surface area contributed by atoms with Crippen LogP contribution in [-0.4, -0.2) is 40.8 Å². The number of methoxy groups -OCH3 is 1. The average Bonchev–Trinajstić information content (AvgIpc) is 2.80. The fraction of sp³-hybridized carbons (Fsp3) is 0.871. The molecule has 0 aromatic rings. The number of esters is 1. The third-order valence-electron chi connectivity index (χ3n) is 13.4. The maximum Gasteiger partial charge on any atom is 0.312 e. The van der Waals surface area contributed by atoms with Crippen LogP contribution in [0.3, 0.4) is 0 Å². The first-order valence-electron chi connectivity index (χ1n) is 14.3. The van der Waals surface area contributed by atoms with E-state index in [-0.39, 0.29) is 45.8 Å². The van der Waals surface area contributed by atoms with Gasteiger partial charge in [0.05, 0.1) is 18.1 Å². The quantitative estimate of drug-likeness (QED) is 0.368. The molecular weight excluding hydrogens is 452 g/mol. The van der Waals surface area contributed by atoms with Gasteiger partial charge in [-0.2, -0.15) is 0 Å². The summed E-state index contributed by atoms with van der Waals surface area (Å²) in [5.41, 5.74) is -1.28. The average molecular weight is 501 g/mol. The van der Waals surface area contributed by atoms with E-state index in [0.29, 0.717) is 12.3 Å². The molecule has 0 spiro atoms. The van der Waals surface area contributed by atoms with E-state index in [0.717, 1.165) is 44.9 Å². The van der Waals surface area contributed by atoms with E-state index in [4.69, 9.17) is 4.74 Å². The molecule has 5 heteroatoms. The molecule has 0 aromatic heterocycles. The SMILES string of the molecule is COC(=O)[C@]12CC[C@@H](C)[C@@](C)(O)[C@H]1C1=CC[C@@H]3[C@@]4(C)C[C@@H](O)C(=O)C(C)(C)[C@@H]4CC[C@@]3(C)[C@]1(C)CC2. The molecule has 4 saturated carbocycles. The second-order valence-corrected chi connectivity index (χ2v) is 14.8. The molecule has 0 bridgehead atoms. The molecule has 0 aliphatic heterocycles. The summed E-state index contributed by atoms with van der Waals surface area (Å²) in [6.45, 7) is 15.3. The van der Waals surface area contributed by atoms with E-state index in [1.807, 2.05) is 20.8 Å². The van der Waals surface area contributed by atoms with Crippen LogP contribution in [0.1, 0.15) is 99.8 Å². The zero-order valence-corrected chi connectivity index (χ0v) is 23.7. The summed E-state index contributed by atoms with van der Waals surface area (Å²) in [4.78, 5) is 26.4. The highest BCUT2D eigenvalue weighted by Gasteiger charge is 2.72. The number of ketones is 1. The van der Waals surface area contributed by atoms with E-state index in [9.17, 15) is 19.8 Å². The van der Waals surface area contributed by atoms with Gasteiger partial charge in [0.15, 0.2) is 5.78 Å². The van der Waals surface area contributed by atoms with Gasteiger partial charge in [0.25, 0.3) is 0 Å². The van der Waals surface area contributed by atoms with Crippen molar-refractivity contribution in [1.82, 2.24) is 0 Å². The lowest BCUT2D eigenvalue weighted by Gasteiger charge is -2.71. The molecule has 2 N–H and O–H groups in total. The molecule has 0 unspecified atom stereocenters. The second kappa shape index (κ2) is 7.68. The monoisotopic (exact) mass is 500 g/mol. The number of aliphatic hydroxyl groups is 2. The molecule has 5 aliphatic rings. The van der Waals surface area contributed by atoms with Crippen molar-refractivity contribution in [3.8, 4) is 0 Å². The molecule has 0 heterocycles. The Morgan fingerprint density at radius 1 is 1.00 bits per heavy atom. The Kier molecular flexibility index (Phi) is 5.64. The molecule has 10 atom stereocenters. The van der Waals surface area contributed by atoms with Gasteiger partial charge in [-0.3, -0.25) is 9.59 Å². The third-order valence-corrected chi connectivity index (χ3v) is 13.4. The highest BCUT2D eigenvalue weighted by molar-refractivity contribution is 5.89. The van der Waals surface area contributed by atoms with Gasteiger partial charge in [0, 0.05) is 11.3 Å².